The molecule has 0 bridgehead atoms. The van der Waals surface area contributed by atoms with Crippen LogP contribution < -0.4 is 4.74 Å². The van der Waals surface area contributed by atoms with Crippen LogP contribution in [0.3, 0.4) is 0 Å². The Labute approximate surface area is 123 Å². The molecule has 0 unspecified atom stereocenters. The lowest BCUT2D eigenvalue weighted by Crippen LogP contribution is -2.04. The molecule has 0 spiro atoms. The Morgan fingerprint density at radius 1 is 1.14 bits per heavy atom. The van der Waals surface area contributed by atoms with Crippen molar-refractivity contribution in [2.24, 2.45) is 0 Å². The second kappa shape index (κ2) is 5.35. The van der Waals surface area contributed by atoms with Gasteiger partial charge in [0.1, 0.15) is 23.9 Å². The topological polar surface area (TPSA) is 38.7 Å². The van der Waals surface area contributed by atoms with Crippen molar-refractivity contribution in [3.63, 3.8) is 0 Å². The average molecular weight is 278 g/mol. The SMILES string of the molecule is C=C1Oc2cc(O)ccc2-c2cc(C#CCOC)ccc21. The maximum Gasteiger partial charge on any atom is 0.138 e. The zero-order valence-corrected chi connectivity index (χ0v) is 11.6. The Hall–Kier alpha value is -2.70. The molecule has 1 aliphatic heterocycles. The van der Waals surface area contributed by atoms with Crippen LogP contribution in [0.2, 0.25) is 0 Å². The van der Waals surface area contributed by atoms with Gasteiger partial charge in [-0.05, 0) is 35.9 Å². The molecule has 3 nitrogen and oxygen atoms in total. The van der Waals surface area contributed by atoms with Crippen LogP contribution in [0.1, 0.15) is 11.1 Å². The number of ether oxygens (including phenoxy) is 2. The van der Waals surface area contributed by atoms with Gasteiger partial charge in [0.2, 0.25) is 0 Å². The molecule has 3 heteroatoms. The molecule has 2 aromatic carbocycles. The first-order valence-corrected chi connectivity index (χ1v) is 6.51. The van der Waals surface area contributed by atoms with E-state index in [1.165, 1.54) is 0 Å². The van der Waals surface area contributed by atoms with Crippen molar-refractivity contribution in [3.8, 4) is 34.5 Å². The number of rotatable bonds is 1. The molecule has 1 heterocycles. The van der Waals surface area contributed by atoms with E-state index < -0.39 is 0 Å². The summed E-state index contributed by atoms with van der Waals surface area (Å²) in [7, 11) is 1.62. The summed E-state index contributed by atoms with van der Waals surface area (Å²) in [5, 5.41) is 9.57. The molecule has 0 amide bonds. The van der Waals surface area contributed by atoms with Crippen molar-refractivity contribution in [2.75, 3.05) is 13.7 Å². The maximum absolute atomic E-state index is 9.57. The molecular weight excluding hydrogens is 264 g/mol. The first-order valence-electron chi connectivity index (χ1n) is 6.51. The molecule has 21 heavy (non-hydrogen) atoms. The Morgan fingerprint density at radius 3 is 2.76 bits per heavy atom. The van der Waals surface area contributed by atoms with Crippen LogP contribution in [0.25, 0.3) is 16.9 Å². The molecule has 0 fully saturated rings. The molecule has 0 saturated carbocycles. The van der Waals surface area contributed by atoms with E-state index in [1.807, 2.05) is 24.3 Å². The van der Waals surface area contributed by atoms with Crippen LogP contribution in [-0.4, -0.2) is 18.8 Å². The summed E-state index contributed by atoms with van der Waals surface area (Å²) in [6.45, 7) is 4.33. The van der Waals surface area contributed by atoms with Crippen molar-refractivity contribution in [3.05, 3.63) is 54.1 Å². The monoisotopic (exact) mass is 278 g/mol. The highest BCUT2D eigenvalue weighted by Gasteiger charge is 2.20. The summed E-state index contributed by atoms with van der Waals surface area (Å²) in [5.41, 5.74) is 3.76. The highest BCUT2D eigenvalue weighted by molar-refractivity contribution is 5.87. The highest BCUT2D eigenvalue weighted by Crippen LogP contribution is 2.43. The van der Waals surface area contributed by atoms with E-state index in [0.29, 0.717) is 18.1 Å². The van der Waals surface area contributed by atoms with Gasteiger partial charge in [-0.3, -0.25) is 0 Å². The summed E-state index contributed by atoms with van der Waals surface area (Å²) in [5.74, 6) is 7.34. The second-order valence-electron chi connectivity index (χ2n) is 4.70. The van der Waals surface area contributed by atoms with E-state index >= 15 is 0 Å². The molecule has 0 aromatic heterocycles. The van der Waals surface area contributed by atoms with Gasteiger partial charge in [0.05, 0.1) is 0 Å². The van der Waals surface area contributed by atoms with Gasteiger partial charge in [0.25, 0.3) is 0 Å². The van der Waals surface area contributed by atoms with Gasteiger partial charge in [-0.2, -0.15) is 0 Å². The maximum atomic E-state index is 9.57. The minimum atomic E-state index is 0.168. The van der Waals surface area contributed by atoms with Crippen molar-refractivity contribution < 1.29 is 14.6 Å². The Morgan fingerprint density at radius 2 is 1.95 bits per heavy atom. The van der Waals surface area contributed by atoms with Gasteiger partial charge in [-0.15, -0.1) is 0 Å². The minimum absolute atomic E-state index is 0.168. The number of benzene rings is 2. The predicted molar refractivity (Wildman–Crippen MR) is 82.0 cm³/mol. The molecule has 104 valence electrons. The number of methoxy groups -OCH3 is 1. The molecule has 0 radical (unpaired) electrons. The third-order valence-corrected chi connectivity index (χ3v) is 3.26. The molecule has 1 aliphatic rings. The molecule has 0 aliphatic carbocycles. The Kier molecular flexibility index (Phi) is 3.39. The van der Waals surface area contributed by atoms with Crippen molar-refractivity contribution in [1.29, 1.82) is 0 Å². The summed E-state index contributed by atoms with van der Waals surface area (Å²) in [6, 6.07) is 11.0. The van der Waals surface area contributed by atoms with Gasteiger partial charge in [0, 0.05) is 29.9 Å². The number of fused-ring (bicyclic) bond motifs is 3. The minimum Gasteiger partial charge on any atom is -0.508 e. The lowest BCUT2D eigenvalue weighted by molar-refractivity contribution is 0.240. The third kappa shape index (κ3) is 2.49. The Bertz CT molecular complexity index is 779. The van der Waals surface area contributed by atoms with Crippen LogP contribution >= 0.6 is 0 Å². The lowest BCUT2D eigenvalue weighted by Gasteiger charge is -2.22. The summed E-state index contributed by atoms with van der Waals surface area (Å²) in [4.78, 5) is 0. The van der Waals surface area contributed by atoms with Crippen LogP contribution in [0.5, 0.6) is 11.5 Å². The van der Waals surface area contributed by atoms with Crippen LogP contribution in [0.4, 0.5) is 0 Å². The fourth-order valence-electron chi connectivity index (χ4n) is 2.30. The van der Waals surface area contributed by atoms with Crippen molar-refractivity contribution in [2.45, 2.75) is 0 Å². The molecule has 1 N–H and O–H groups in total. The number of phenols is 1. The Balaban J connectivity index is 2.11. The molecule has 3 rings (SSSR count). The van der Waals surface area contributed by atoms with E-state index in [9.17, 15) is 5.11 Å². The first-order chi connectivity index (χ1) is 10.2. The van der Waals surface area contributed by atoms with Crippen LogP contribution in [-0.2, 0) is 4.74 Å². The molecular formula is C18H14O3. The third-order valence-electron chi connectivity index (χ3n) is 3.26. The van der Waals surface area contributed by atoms with Gasteiger partial charge in [0.15, 0.2) is 0 Å². The van der Waals surface area contributed by atoms with Crippen LogP contribution in [0, 0.1) is 11.8 Å². The van der Waals surface area contributed by atoms with E-state index in [-0.39, 0.29) is 5.75 Å². The summed E-state index contributed by atoms with van der Waals surface area (Å²) in [6.07, 6.45) is 0. The van der Waals surface area contributed by atoms with E-state index in [1.54, 1.807) is 19.2 Å². The second-order valence-corrected chi connectivity index (χ2v) is 4.70. The van der Waals surface area contributed by atoms with Gasteiger partial charge >= 0.3 is 0 Å². The highest BCUT2D eigenvalue weighted by atomic mass is 16.5. The molecule has 0 saturated heterocycles. The zero-order valence-electron chi connectivity index (χ0n) is 11.6. The van der Waals surface area contributed by atoms with Gasteiger partial charge < -0.3 is 14.6 Å². The average Bonchev–Trinajstić information content (AvgIpc) is 2.47. The van der Waals surface area contributed by atoms with Crippen LogP contribution in [0.15, 0.2) is 43.0 Å². The quantitative estimate of drug-likeness (QED) is 0.812. The predicted octanol–water partition coefficient (Wildman–Crippen LogP) is 3.42. The lowest BCUT2D eigenvalue weighted by atomic mass is 9.93. The number of hydrogen-bond acceptors (Lipinski definition) is 3. The zero-order chi connectivity index (χ0) is 14.8. The number of aromatic hydroxyl groups is 1. The van der Waals surface area contributed by atoms with Crippen molar-refractivity contribution >= 4 is 5.76 Å². The normalized spacial score (nSPS) is 11.8. The van der Waals surface area contributed by atoms with Crippen molar-refractivity contribution in [1.82, 2.24) is 0 Å². The summed E-state index contributed by atoms with van der Waals surface area (Å²) >= 11 is 0. The smallest absolute Gasteiger partial charge is 0.138 e. The molecule has 2 aromatic rings. The largest absolute Gasteiger partial charge is 0.508 e. The summed E-state index contributed by atoms with van der Waals surface area (Å²) < 4.78 is 10.6. The number of phenolic OH excluding ortho intramolecular Hbond substituents is 1. The first kappa shape index (κ1) is 13.3. The van der Waals surface area contributed by atoms with E-state index in [0.717, 1.165) is 22.3 Å². The number of hydrogen-bond donors (Lipinski definition) is 1. The van der Waals surface area contributed by atoms with Gasteiger partial charge in [-0.25, -0.2) is 0 Å². The molecule has 0 atom stereocenters. The fraction of sp³-hybridized carbons (Fsp3) is 0.111. The van der Waals surface area contributed by atoms with E-state index in [4.69, 9.17) is 9.47 Å². The van der Waals surface area contributed by atoms with Gasteiger partial charge in [-0.1, -0.05) is 18.4 Å². The fourth-order valence-corrected chi connectivity index (χ4v) is 2.30. The standard InChI is InChI=1S/C18H14O3/c1-12-15-7-5-13(4-3-9-20-2)10-17(15)16-8-6-14(19)11-18(16)21-12/h5-8,10-11,19H,1,9H2,2H3. The van der Waals surface area contributed by atoms with E-state index in [2.05, 4.69) is 18.4 Å².